The SMILES string of the molecule is Clc1cccc(-c2c(Br)cccc2N(c2ccccc2)c2cc(-c3ccccc3)c3oc4ccccc4c3c2)c1. The molecule has 0 spiro atoms. The standard InChI is InChI=1S/C36H23BrClNO/c37-32-18-10-19-33(35(32)25-13-9-14-26(38)21-25)39(27-15-5-2-6-16-27)28-22-30(24-11-3-1-4-12-24)36-31(23-28)29-17-7-8-20-34(29)40-36/h1-23H. The Labute approximate surface area is 246 Å². The maximum Gasteiger partial charge on any atom is 0.143 e. The largest absolute Gasteiger partial charge is 0.455 e. The lowest BCUT2D eigenvalue weighted by Crippen LogP contribution is -2.11. The highest BCUT2D eigenvalue weighted by Crippen LogP contribution is 2.47. The molecule has 0 bridgehead atoms. The molecule has 0 radical (unpaired) electrons. The minimum Gasteiger partial charge on any atom is -0.455 e. The van der Waals surface area contributed by atoms with E-state index in [2.05, 4.69) is 118 Å². The maximum atomic E-state index is 6.47. The second-order valence-electron chi connectivity index (χ2n) is 9.65. The number of para-hydroxylation sites is 2. The monoisotopic (exact) mass is 599 g/mol. The van der Waals surface area contributed by atoms with Crippen molar-refractivity contribution in [2.24, 2.45) is 0 Å². The smallest absolute Gasteiger partial charge is 0.143 e. The Kier molecular flexibility index (Phi) is 6.39. The van der Waals surface area contributed by atoms with Gasteiger partial charge in [0.05, 0.1) is 5.69 Å². The van der Waals surface area contributed by atoms with E-state index in [0.717, 1.165) is 65.7 Å². The predicted molar refractivity (Wildman–Crippen MR) is 172 cm³/mol. The number of furan rings is 1. The molecule has 6 aromatic carbocycles. The fraction of sp³-hybridized carbons (Fsp3) is 0. The van der Waals surface area contributed by atoms with Gasteiger partial charge in [0.2, 0.25) is 0 Å². The Balaban J connectivity index is 1.57. The number of halogens is 2. The summed E-state index contributed by atoms with van der Waals surface area (Å²) in [7, 11) is 0. The van der Waals surface area contributed by atoms with Crippen molar-refractivity contribution < 1.29 is 4.42 Å². The van der Waals surface area contributed by atoms with Crippen molar-refractivity contribution >= 4 is 66.5 Å². The number of benzene rings is 6. The van der Waals surface area contributed by atoms with E-state index in [-0.39, 0.29) is 0 Å². The highest BCUT2D eigenvalue weighted by Gasteiger charge is 2.22. The highest BCUT2D eigenvalue weighted by atomic mass is 79.9. The lowest BCUT2D eigenvalue weighted by atomic mass is 9.98. The van der Waals surface area contributed by atoms with E-state index in [4.69, 9.17) is 16.0 Å². The topological polar surface area (TPSA) is 16.4 Å². The summed E-state index contributed by atoms with van der Waals surface area (Å²) >= 11 is 10.3. The first-order valence-electron chi connectivity index (χ1n) is 13.1. The van der Waals surface area contributed by atoms with Crippen molar-refractivity contribution in [3.8, 4) is 22.3 Å². The van der Waals surface area contributed by atoms with Gasteiger partial charge < -0.3 is 9.32 Å². The summed E-state index contributed by atoms with van der Waals surface area (Å²) in [6, 6.07) is 47.9. The second kappa shape index (κ2) is 10.3. The van der Waals surface area contributed by atoms with Crippen LogP contribution in [0.3, 0.4) is 0 Å². The van der Waals surface area contributed by atoms with Crippen molar-refractivity contribution in [2.75, 3.05) is 4.90 Å². The molecule has 0 aliphatic heterocycles. The zero-order chi connectivity index (χ0) is 27.1. The number of hydrogen-bond donors (Lipinski definition) is 0. The van der Waals surface area contributed by atoms with Crippen LogP contribution in [-0.4, -0.2) is 0 Å². The average molecular weight is 601 g/mol. The van der Waals surface area contributed by atoms with Gasteiger partial charge in [0.15, 0.2) is 0 Å². The molecule has 0 fully saturated rings. The van der Waals surface area contributed by atoms with E-state index in [1.54, 1.807) is 0 Å². The van der Waals surface area contributed by atoms with E-state index < -0.39 is 0 Å². The van der Waals surface area contributed by atoms with Crippen LogP contribution in [0.4, 0.5) is 17.1 Å². The molecule has 0 saturated carbocycles. The molecule has 0 unspecified atom stereocenters. The molecule has 7 rings (SSSR count). The number of fused-ring (bicyclic) bond motifs is 3. The summed E-state index contributed by atoms with van der Waals surface area (Å²) < 4.78 is 7.46. The van der Waals surface area contributed by atoms with E-state index in [1.165, 1.54) is 0 Å². The maximum absolute atomic E-state index is 6.47. The van der Waals surface area contributed by atoms with Crippen LogP contribution < -0.4 is 4.90 Å². The van der Waals surface area contributed by atoms with Crippen LogP contribution in [-0.2, 0) is 0 Å². The van der Waals surface area contributed by atoms with Gasteiger partial charge in [-0.3, -0.25) is 0 Å². The van der Waals surface area contributed by atoms with Crippen LogP contribution in [0.1, 0.15) is 0 Å². The molecule has 0 aliphatic carbocycles. The molecule has 4 heteroatoms. The van der Waals surface area contributed by atoms with Gasteiger partial charge in [-0.2, -0.15) is 0 Å². The minimum atomic E-state index is 0.697. The molecule has 0 amide bonds. The fourth-order valence-electron chi connectivity index (χ4n) is 5.41. The van der Waals surface area contributed by atoms with Crippen LogP contribution in [0.25, 0.3) is 44.2 Å². The zero-order valence-electron chi connectivity index (χ0n) is 21.4. The fourth-order valence-corrected chi connectivity index (χ4v) is 6.18. The minimum absolute atomic E-state index is 0.697. The molecule has 0 saturated heterocycles. The molecular weight excluding hydrogens is 578 g/mol. The Bertz CT molecular complexity index is 1980. The van der Waals surface area contributed by atoms with Crippen molar-refractivity contribution in [1.82, 2.24) is 0 Å². The second-order valence-corrected chi connectivity index (χ2v) is 10.9. The summed E-state index contributed by atoms with van der Waals surface area (Å²) in [5, 5.41) is 2.86. The Morgan fingerprint density at radius 3 is 2.08 bits per heavy atom. The van der Waals surface area contributed by atoms with Crippen LogP contribution in [0, 0.1) is 0 Å². The Hall–Kier alpha value is -4.31. The molecule has 0 aliphatic rings. The summed E-state index contributed by atoms with van der Waals surface area (Å²) in [5.74, 6) is 0. The first-order chi connectivity index (χ1) is 19.7. The molecule has 2 nitrogen and oxygen atoms in total. The van der Waals surface area contributed by atoms with Gasteiger partial charge in [-0.1, -0.05) is 112 Å². The van der Waals surface area contributed by atoms with Gasteiger partial charge in [0.25, 0.3) is 0 Å². The van der Waals surface area contributed by atoms with Gasteiger partial charge in [-0.05, 0) is 65.7 Å². The van der Waals surface area contributed by atoms with E-state index >= 15 is 0 Å². The van der Waals surface area contributed by atoms with Crippen molar-refractivity contribution in [1.29, 1.82) is 0 Å². The summed E-state index contributed by atoms with van der Waals surface area (Å²) in [6.45, 7) is 0. The Morgan fingerprint density at radius 1 is 0.575 bits per heavy atom. The lowest BCUT2D eigenvalue weighted by molar-refractivity contribution is 0.670. The zero-order valence-corrected chi connectivity index (χ0v) is 23.7. The number of anilines is 3. The first kappa shape index (κ1) is 24.7. The molecule has 7 aromatic rings. The number of nitrogens with zero attached hydrogens (tertiary/aromatic N) is 1. The molecule has 0 N–H and O–H groups in total. The summed E-state index contributed by atoms with van der Waals surface area (Å²) in [4.78, 5) is 2.31. The van der Waals surface area contributed by atoms with Crippen LogP contribution in [0.5, 0.6) is 0 Å². The predicted octanol–water partition coefficient (Wildman–Crippen LogP) is 11.8. The molecular formula is C36H23BrClNO. The van der Waals surface area contributed by atoms with Gasteiger partial charge in [0, 0.05) is 42.8 Å². The third-order valence-electron chi connectivity index (χ3n) is 7.17. The van der Waals surface area contributed by atoms with Gasteiger partial charge in [-0.15, -0.1) is 0 Å². The number of rotatable bonds is 5. The average Bonchev–Trinajstić information content (AvgIpc) is 3.37. The van der Waals surface area contributed by atoms with Gasteiger partial charge in [-0.25, -0.2) is 0 Å². The third kappa shape index (κ3) is 4.38. The van der Waals surface area contributed by atoms with Crippen LogP contribution >= 0.6 is 27.5 Å². The molecule has 1 heterocycles. The van der Waals surface area contributed by atoms with Gasteiger partial charge in [0.1, 0.15) is 11.2 Å². The normalized spacial score (nSPS) is 11.2. The quantitative estimate of drug-likeness (QED) is 0.195. The molecule has 0 atom stereocenters. The van der Waals surface area contributed by atoms with Gasteiger partial charge >= 0.3 is 0 Å². The number of hydrogen-bond acceptors (Lipinski definition) is 2. The Morgan fingerprint density at radius 2 is 1.27 bits per heavy atom. The van der Waals surface area contributed by atoms with Crippen LogP contribution in [0.15, 0.2) is 148 Å². The first-order valence-corrected chi connectivity index (χ1v) is 14.2. The molecule has 40 heavy (non-hydrogen) atoms. The van der Waals surface area contributed by atoms with E-state index in [9.17, 15) is 0 Å². The van der Waals surface area contributed by atoms with Crippen molar-refractivity contribution in [3.63, 3.8) is 0 Å². The van der Waals surface area contributed by atoms with Crippen LogP contribution in [0.2, 0.25) is 5.02 Å². The third-order valence-corrected chi connectivity index (χ3v) is 8.06. The molecule has 192 valence electrons. The lowest BCUT2D eigenvalue weighted by Gasteiger charge is -2.29. The summed E-state index contributed by atoms with van der Waals surface area (Å²) in [6.07, 6.45) is 0. The molecule has 1 aromatic heterocycles. The van der Waals surface area contributed by atoms with E-state index in [1.807, 2.05) is 42.5 Å². The van der Waals surface area contributed by atoms with Crippen molar-refractivity contribution in [2.45, 2.75) is 0 Å². The summed E-state index contributed by atoms with van der Waals surface area (Å²) in [5.41, 5.74) is 9.12. The van der Waals surface area contributed by atoms with E-state index in [0.29, 0.717) is 5.02 Å². The van der Waals surface area contributed by atoms with Crippen molar-refractivity contribution in [3.05, 3.63) is 149 Å². The highest BCUT2D eigenvalue weighted by molar-refractivity contribution is 9.10.